The van der Waals surface area contributed by atoms with Gasteiger partial charge in [-0.3, -0.25) is 0 Å². The van der Waals surface area contributed by atoms with Crippen molar-refractivity contribution in [2.45, 2.75) is 30.0 Å². The molecule has 0 N–H and O–H groups in total. The lowest BCUT2D eigenvalue weighted by Crippen LogP contribution is -2.06. The van der Waals surface area contributed by atoms with Crippen LogP contribution in [0, 0.1) is 5.92 Å². The summed E-state index contributed by atoms with van der Waals surface area (Å²) >= 11 is 5.56. The van der Waals surface area contributed by atoms with Crippen molar-refractivity contribution < 1.29 is 0 Å². The molecule has 0 aliphatic carbocycles. The summed E-state index contributed by atoms with van der Waals surface area (Å²) in [5, 5.41) is 0. The molecular weight excluding hydrogens is 256 g/mol. The van der Waals surface area contributed by atoms with Crippen LogP contribution in [0.25, 0.3) is 0 Å². The van der Waals surface area contributed by atoms with E-state index >= 15 is 0 Å². The standard InChI is InChI=1S/C12H17BrS/c1-10(11(2)13)8-9-14-12-6-4-3-5-7-12/h3-7,10-11H,8-9H2,1-2H3. The summed E-state index contributed by atoms with van der Waals surface area (Å²) in [5.74, 6) is 1.97. The van der Waals surface area contributed by atoms with Crippen LogP contribution >= 0.6 is 27.7 Å². The van der Waals surface area contributed by atoms with Crippen molar-refractivity contribution in [2.75, 3.05) is 5.75 Å². The predicted molar refractivity (Wildman–Crippen MR) is 69.3 cm³/mol. The summed E-state index contributed by atoms with van der Waals surface area (Å²) in [7, 11) is 0. The lowest BCUT2D eigenvalue weighted by atomic mass is 10.1. The summed E-state index contributed by atoms with van der Waals surface area (Å²) in [6.07, 6.45) is 1.27. The zero-order chi connectivity index (χ0) is 10.4. The predicted octanol–water partition coefficient (Wildman–Crippen LogP) is 4.59. The third-order valence-electron chi connectivity index (χ3n) is 2.37. The molecule has 0 nitrogen and oxygen atoms in total. The van der Waals surface area contributed by atoms with E-state index in [-0.39, 0.29) is 0 Å². The van der Waals surface area contributed by atoms with Gasteiger partial charge >= 0.3 is 0 Å². The third-order valence-corrected chi connectivity index (χ3v) is 4.32. The molecule has 78 valence electrons. The van der Waals surface area contributed by atoms with Gasteiger partial charge in [-0.05, 0) is 30.2 Å². The maximum atomic E-state index is 3.62. The molecule has 2 unspecified atom stereocenters. The van der Waals surface area contributed by atoms with Crippen LogP contribution in [0.15, 0.2) is 35.2 Å². The Labute approximate surface area is 99.6 Å². The zero-order valence-corrected chi connectivity index (χ0v) is 11.1. The second-order valence-corrected chi connectivity index (χ2v) is 6.22. The van der Waals surface area contributed by atoms with Crippen LogP contribution in [-0.2, 0) is 0 Å². The summed E-state index contributed by atoms with van der Waals surface area (Å²) in [4.78, 5) is 2.00. The second kappa shape index (κ2) is 6.52. The Balaban J connectivity index is 2.22. The van der Waals surface area contributed by atoms with Crippen molar-refractivity contribution in [3.8, 4) is 0 Å². The monoisotopic (exact) mass is 272 g/mol. The number of alkyl halides is 1. The number of benzene rings is 1. The molecule has 1 rings (SSSR count). The van der Waals surface area contributed by atoms with E-state index in [1.165, 1.54) is 17.1 Å². The average Bonchev–Trinajstić information content (AvgIpc) is 2.19. The van der Waals surface area contributed by atoms with Gasteiger partial charge in [0.25, 0.3) is 0 Å². The summed E-state index contributed by atoms with van der Waals surface area (Å²) in [6.45, 7) is 4.52. The molecule has 2 heteroatoms. The van der Waals surface area contributed by atoms with E-state index in [9.17, 15) is 0 Å². The van der Waals surface area contributed by atoms with Gasteiger partial charge < -0.3 is 0 Å². The molecule has 0 bridgehead atoms. The van der Waals surface area contributed by atoms with Crippen molar-refractivity contribution in [3.05, 3.63) is 30.3 Å². The first kappa shape index (κ1) is 12.1. The van der Waals surface area contributed by atoms with Crippen LogP contribution < -0.4 is 0 Å². The highest BCUT2D eigenvalue weighted by molar-refractivity contribution is 9.09. The van der Waals surface area contributed by atoms with E-state index in [4.69, 9.17) is 0 Å². The van der Waals surface area contributed by atoms with Crippen molar-refractivity contribution in [1.29, 1.82) is 0 Å². The Morgan fingerprint density at radius 1 is 1.21 bits per heavy atom. The second-order valence-electron chi connectivity index (χ2n) is 3.61. The quantitative estimate of drug-likeness (QED) is 0.558. The minimum Gasteiger partial charge on any atom is -0.126 e. The molecule has 0 aliphatic rings. The molecule has 0 spiro atoms. The molecule has 0 saturated heterocycles. The highest BCUT2D eigenvalue weighted by atomic mass is 79.9. The summed E-state index contributed by atoms with van der Waals surface area (Å²) < 4.78 is 0. The number of hydrogen-bond acceptors (Lipinski definition) is 1. The van der Waals surface area contributed by atoms with Crippen LogP contribution in [0.4, 0.5) is 0 Å². The van der Waals surface area contributed by atoms with E-state index in [0.29, 0.717) is 4.83 Å². The summed E-state index contributed by atoms with van der Waals surface area (Å²) in [6, 6.07) is 10.6. The molecule has 0 aliphatic heterocycles. The summed E-state index contributed by atoms with van der Waals surface area (Å²) in [5.41, 5.74) is 0. The highest BCUT2D eigenvalue weighted by Gasteiger charge is 2.07. The van der Waals surface area contributed by atoms with Gasteiger partial charge in [0, 0.05) is 9.72 Å². The third kappa shape index (κ3) is 4.52. The maximum Gasteiger partial charge on any atom is 0.0143 e. The van der Waals surface area contributed by atoms with Gasteiger partial charge in [-0.2, -0.15) is 0 Å². The van der Waals surface area contributed by atoms with Gasteiger partial charge in [0.05, 0.1) is 0 Å². The number of halogens is 1. The van der Waals surface area contributed by atoms with E-state index in [2.05, 4.69) is 60.1 Å². The molecule has 0 fully saturated rings. The first-order chi connectivity index (χ1) is 6.70. The van der Waals surface area contributed by atoms with Gasteiger partial charge in [0.1, 0.15) is 0 Å². The number of rotatable bonds is 5. The van der Waals surface area contributed by atoms with Gasteiger partial charge in [-0.15, -0.1) is 11.8 Å². The lowest BCUT2D eigenvalue weighted by Gasteiger charge is -2.13. The molecule has 0 radical (unpaired) electrons. The number of hydrogen-bond donors (Lipinski definition) is 0. The Hall–Kier alpha value is 0.0500. The van der Waals surface area contributed by atoms with Gasteiger partial charge in [0.15, 0.2) is 0 Å². The largest absolute Gasteiger partial charge is 0.126 e. The van der Waals surface area contributed by atoms with E-state index in [1.807, 2.05) is 11.8 Å². The van der Waals surface area contributed by atoms with Crippen LogP contribution in [0.5, 0.6) is 0 Å². The first-order valence-corrected chi connectivity index (χ1v) is 6.92. The Morgan fingerprint density at radius 2 is 1.86 bits per heavy atom. The fraction of sp³-hybridized carbons (Fsp3) is 0.500. The maximum absolute atomic E-state index is 3.62. The van der Waals surface area contributed by atoms with Crippen LogP contribution in [-0.4, -0.2) is 10.6 Å². The smallest absolute Gasteiger partial charge is 0.0143 e. The van der Waals surface area contributed by atoms with Gasteiger partial charge in [0.2, 0.25) is 0 Å². The highest BCUT2D eigenvalue weighted by Crippen LogP contribution is 2.22. The molecule has 0 saturated carbocycles. The number of thioether (sulfide) groups is 1. The fourth-order valence-electron chi connectivity index (χ4n) is 1.11. The van der Waals surface area contributed by atoms with Crippen molar-refractivity contribution in [2.24, 2.45) is 5.92 Å². The molecule has 0 aromatic heterocycles. The van der Waals surface area contributed by atoms with Crippen LogP contribution in [0.2, 0.25) is 0 Å². The van der Waals surface area contributed by atoms with Crippen molar-refractivity contribution >= 4 is 27.7 Å². The zero-order valence-electron chi connectivity index (χ0n) is 8.74. The minimum absolute atomic E-state index is 0.624. The average molecular weight is 273 g/mol. The van der Waals surface area contributed by atoms with E-state index < -0.39 is 0 Å². The van der Waals surface area contributed by atoms with Crippen LogP contribution in [0.1, 0.15) is 20.3 Å². The minimum atomic E-state index is 0.624. The molecule has 0 amide bonds. The molecule has 1 aromatic rings. The first-order valence-electron chi connectivity index (χ1n) is 5.02. The Kier molecular flexibility index (Phi) is 5.64. The Bertz CT molecular complexity index is 246. The molecule has 1 aromatic carbocycles. The SMILES string of the molecule is CC(Br)C(C)CCSc1ccccc1. The normalized spacial score (nSPS) is 15.1. The Morgan fingerprint density at radius 3 is 2.43 bits per heavy atom. The topological polar surface area (TPSA) is 0 Å². The lowest BCUT2D eigenvalue weighted by molar-refractivity contribution is 0.569. The van der Waals surface area contributed by atoms with Gasteiger partial charge in [-0.25, -0.2) is 0 Å². The fourth-order valence-corrected chi connectivity index (χ4v) is 2.45. The molecule has 2 atom stereocenters. The van der Waals surface area contributed by atoms with E-state index in [0.717, 1.165) is 5.92 Å². The molecular formula is C12H17BrS. The van der Waals surface area contributed by atoms with Gasteiger partial charge in [-0.1, -0.05) is 48.0 Å². The van der Waals surface area contributed by atoms with Crippen LogP contribution in [0.3, 0.4) is 0 Å². The molecule has 0 heterocycles. The molecule has 14 heavy (non-hydrogen) atoms. The van der Waals surface area contributed by atoms with Crippen molar-refractivity contribution in [1.82, 2.24) is 0 Å². The van der Waals surface area contributed by atoms with E-state index in [1.54, 1.807) is 0 Å². The van der Waals surface area contributed by atoms with Crippen molar-refractivity contribution in [3.63, 3.8) is 0 Å².